The Kier molecular flexibility index (Phi) is 4.12. The van der Waals surface area contributed by atoms with Crippen LogP contribution in [0.5, 0.6) is 0 Å². The van der Waals surface area contributed by atoms with Crippen LogP contribution in [0.2, 0.25) is 15.2 Å². The highest BCUT2D eigenvalue weighted by Gasteiger charge is 2.18. The number of fused-ring (bicyclic) bond motifs is 1. The maximum atomic E-state index is 9.46. The van der Waals surface area contributed by atoms with Gasteiger partial charge in [0.05, 0.1) is 17.1 Å². The minimum atomic E-state index is -0.128. The molecule has 0 unspecified atom stereocenters. The van der Waals surface area contributed by atoms with Gasteiger partial charge in [-0.2, -0.15) is 0 Å². The standard InChI is InChI=1S/C13H14Cl3NO/c1-7(2)5-17-12-9(10(6-18)13(17)16)3-8(14)4-11(12)15/h3-4,7,18H,5-6H2,1-2H3. The van der Waals surface area contributed by atoms with Gasteiger partial charge in [-0.1, -0.05) is 48.7 Å². The van der Waals surface area contributed by atoms with Gasteiger partial charge in [0.2, 0.25) is 0 Å². The van der Waals surface area contributed by atoms with Crippen molar-refractivity contribution in [1.82, 2.24) is 4.57 Å². The Hall–Kier alpha value is -0.410. The largest absolute Gasteiger partial charge is 0.392 e. The van der Waals surface area contributed by atoms with Gasteiger partial charge in [0.15, 0.2) is 0 Å². The average molecular weight is 307 g/mol. The maximum Gasteiger partial charge on any atom is 0.115 e. The van der Waals surface area contributed by atoms with Crippen LogP contribution >= 0.6 is 34.8 Å². The van der Waals surface area contributed by atoms with Crippen LogP contribution in [0.25, 0.3) is 10.9 Å². The van der Waals surface area contributed by atoms with Crippen molar-refractivity contribution in [2.45, 2.75) is 27.0 Å². The zero-order valence-corrected chi connectivity index (χ0v) is 12.4. The fourth-order valence-corrected chi connectivity index (χ4v) is 3.04. The fraction of sp³-hybridized carbons (Fsp3) is 0.385. The molecule has 18 heavy (non-hydrogen) atoms. The van der Waals surface area contributed by atoms with Crippen molar-refractivity contribution in [2.75, 3.05) is 0 Å². The van der Waals surface area contributed by atoms with Crippen LogP contribution in [-0.2, 0) is 13.2 Å². The van der Waals surface area contributed by atoms with Crippen molar-refractivity contribution in [3.05, 3.63) is 32.9 Å². The summed E-state index contributed by atoms with van der Waals surface area (Å²) in [5, 5.41) is 11.9. The summed E-state index contributed by atoms with van der Waals surface area (Å²) in [7, 11) is 0. The molecular weight excluding hydrogens is 293 g/mol. The van der Waals surface area contributed by atoms with Gasteiger partial charge in [0.25, 0.3) is 0 Å². The van der Waals surface area contributed by atoms with Gasteiger partial charge in [-0.15, -0.1) is 0 Å². The Balaban J connectivity index is 2.80. The summed E-state index contributed by atoms with van der Waals surface area (Å²) in [5.74, 6) is 0.427. The van der Waals surface area contributed by atoms with Crippen molar-refractivity contribution in [3.63, 3.8) is 0 Å². The Morgan fingerprint density at radius 3 is 2.44 bits per heavy atom. The molecule has 1 N–H and O–H groups in total. The van der Waals surface area contributed by atoms with Gasteiger partial charge in [0.1, 0.15) is 5.15 Å². The Morgan fingerprint density at radius 2 is 1.89 bits per heavy atom. The zero-order chi connectivity index (χ0) is 13.4. The molecule has 0 fully saturated rings. The third-order valence-corrected chi connectivity index (χ3v) is 3.75. The number of halogens is 3. The second kappa shape index (κ2) is 5.30. The quantitative estimate of drug-likeness (QED) is 0.869. The Morgan fingerprint density at radius 1 is 1.22 bits per heavy atom. The van der Waals surface area contributed by atoms with Crippen LogP contribution in [0.3, 0.4) is 0 Å². The van der Waals surface area contributed by atoms with Crippen LogP contribution in [0.15, 0.2) is 12.1 Å². The van der Waals surface area contributed by atoms with Crippen LogP contribution < -0.4 is 0 Å². The third kappa shape index (κ3) is 2.35. The van der Waals surface area contributed by atoms with E-state index in [0.29, 0.717) is 26.7 Å². The summed E-state index contributed by atoms with van der Waals surface area (Å²) in [6.45, 7) is 4.82. The van der Waals surface area contributed by atoms with Crippen LogP contribution in [0.4, 0.5) is 0 Å². The molecule has 0 saturated heterocycles. The minimum absolute atomic E-state index is 0.128. The second-order valence-electron chi connectivity index (χ2n) is 4.72. The predicted molar refractivity (Wildman–Crippen MR) is 77.7 cm³/mol. The molecule has 1 aromatic carbocycles. The van der Waals surface area contributed by atoms with Crippen molar-refractivity contribution in [2.24, 2.45) is 5.92 Å². The first-order valence-corrected chi connectivity index (χ1v) is 6.85. The van der Waals surface area contributed by atoms with Gasteiger partial charge in [-0.25, -0.2) is 0 Å². The van der Waals surface area contributed by atoms with Crippen molar-refractivity contribution in [1.29, 1.82) is 0 Å². The first-order valence-electron chi connectivity index (χ1n) is 5.72. The summed E-state index contributed by atoms with van der Waals surface area (Å²) in [6, 6.07) is 3.48. The fourth-order valence-electron chi connectivity index (χ4n) is 2.13. The van der Waals surface area contributed by atoms with E-state index in [1.165, 1.54) is 0 Å². The van der Waals surface area contributed by atoms with Crippen LogP contribution in [0, 0.1) is 5.92 Å². The van der Waals surface area contributed by atoms with E-state index in [0.717, 1.165) is 17.4 Å². The van der Waals surface area contributed by atoms with Gasteiger partial charge < -0.3 is 9.67 Å². The third-order valence-electron chi connectivity index (χ3n) is 2.82. The smallest absolute Gasteiger partial charge is 0.115 e. The molecule has 0 radical (unpaired) electrons. The maximum absolute atomic E-state index is 9.46. The van der Waals surface area contributed by atoms with E-state index in [2.05, 4.69) is 13.8 Å². The average Bonchev–Trinajstić information content (AvgIpc) is 2.51. The second-order valence-corrected chi connectivity index (χ2v) is 5.92. The molecule has 98 valence electrons. The molecular formula is C13H14Cl3NO. The topological polar surface area (TPSA) is 25.2 Å². The normalized spacial score (nSPS) is 11.7. The molecule has 0 spiro atoms. The Bertz CT molecular complexity index is 590. The highest BCUT2D eigenvalue weighted by atomic mass is 35.5. The first kappa shape index (κ1) is 14.0. The van der Waals surface area contributed by atoms with E-state index in [9.17, 15) is 5.11 Å². The van der Waals surface area contributed by atoms with Crippen LogP contribution in [0.1, 0.15) is 19.4 Å². The molecule has 0 amide bonds. The molecule has 2 aromatic rings. The summed E-state index contributed by atoms with van der Waals surface area (Å²) in [5.41, 5.74) is 1.51. The molecule has 0 aliphatic carbocycles. The van der Waals surface area contributed by atoms with Gasteiger partial charge in [0, 0.05) is 22.5 Å². The number of aromatic nitrogens is 1. The molecule has 5 heteroatoms. The number of benzene rings is 1. The van der Waals surface area contributed by atoms with Gasteiger partial charge in [-0.3, -0.25) is 0 Å². The van der Waals surface area contributed by atoms with E-state index in [1.807, 2.05) is 4.57 Å². The predicted octanol–water partition coefficient (Wildman–Crippen LogP) is 4.75. The number of nitrogens with zero attached hydrogens (tertiary/aromatic N) is 1. The minimum Gasteiger partial charge on any atom is -0.392 e. The number of hydrogen-bond acceptors (Lipinski definition) is 1. The van der Waals surface area contributed by atoms with Gasteiger partial charge in [-0.05, 0) is 18.1 Å². The van der Waals surface area contributed by atoms with E-state index >= 15 is 0 Å². The lowest BCUT2D eigenvalue weighted by molar-refractivity contribution is 0.283. The van der Waals surface area contributed by atoms with Gasteiger partial charge >= 0.3 is 0 Å². The SMILES string of the molecule is CC(C)Cn1c(Cl)c(CO)c2cc(Cl)cc(Cl)c21. The zero-order valence-electron chi connectivity index (χ0n) is 10.2. The molecule has 2 nitrogen and oxygen atoms in total. The first-order chi connectivity index (χ1) is 8.45. The number of aliphatic hydroxyl groups excluding tert-OH is 1. The molecule has 1 aromatic heterocycles. The van der Waals surface area contributed by atoms with Crippen molar-refractivity contribution < 1.29 is 5.11 Å². The molecule has 2 rings (SSSR count). The summed E-state index contributed by atoms with van der Waals surface area (Å²) in [4.78, 5) is 0. The number of rotatable bonds is 3. The highest BCUT2D eigenvalue weighted by molar-refractivity contribution is 6.39. The van der Waals surface area contributed by atoms with E-state index < -0.39 is 0 Å². The molecule has 0 saturated carbocycles. The highest BCUT2D eigenvalue weighted by Crippen LogP contribution is 2.37. The Labute approximate surface area is 121 Å². The molecule has 0 bridgehead atoms. The summed E-state index contributed by atoms with van der Waals surface area (Å²) < 4.78 is 1.94. The summed E-state index contributed by atoms with van der Waals surface area (Å²) >= 11 is 18.6. The monoisotopic (exact) mass is 305 g/mol. The lowest BCUT2D eigenvalue weighted by atomic mass is 10.2. The van der Waals surface area contributed by atoms with E-state index in [4.69, 9.17) is 34.8 Å². The molecule has 1 heterocycles. The number of hydrogen-bond donors (Lipinski definition) is 1. The van der Waals surface area contributed by atoms with E-state index in [1.54, 1.807) is 12.1 Å². The lowest BCUT2D eigenvalue weighted by Crippen LogP contribution is -2.04. The number of aliphatic hydroxyl groups is 1. The van der Waals surface area contributed by atoms with Crippen molar-refractivity contribution in [3.8, 4) is 0 Å². The van der Waals surface area contributed by atoms with E-state index in [-0.39, 0.29) is 6.61 Å². The van der Waals surface area contributed by atoms with Crippen LogP contribution in [-0.4, -0.2) is 9.67 Å². The lowest BCUT2D eigenvalue weighted by Gasteiger charge is -2.11. The molecule has 0 atom stereocenters. The molecule has 0 aliphatic heterocycles. The molecule has 0 aliphatic rings. The summed E-state index contributed by atoms with van der Waals surface area (Å²) in [6.07, 6.45) is 0. The van der Waals surface area contributed by atoms with Crippen molar-refractivity contribution >= 4 is 45.7 Å².